The van der Waals surface area contributed by atoms with Gasteiger partial charge in [0, 0.05) is 50.2 Å². The van der Waals surface area contributed by atoms with Crippen molar-refractivity contribution in [2.45, 2.75) is 37.7 Å². The van der Waals surface area contributed by atoms with E-state index in [-0.39, 0.29) is 0 Å². The molecule has 3 heterocycles. The molecule has 28 heavy (non-hydrogen) atoms. The van der Waals surface area contributed by atoms with E-state index in [4.69, 9.17) is 4.98 Å². The van der Waals surface area contributed by atoms with Crippen LogP contribution in [-0.4, -0.2) is 56.2 Å². The van der Waals surface area contributed by atoms with Gasteiger partial charge in [-0.3, -0.25) is 4.90 Å². The van der Waals surface area contributed by atoms with Crippen LogP contribution in [0.25, 0.3) is 0 Å². The number of hydrogen-bond donors (Lipinski definition) is 1. The van der Waals surface area contributed by atoms with Crippen LogP contribution in [-0.2, 0) is 6.42 Å². The minimum Gasteiger partial charge on any atom is -0.351 e. The van der Waals surface area contributed by atoms with E-state index in [0.29, 0.717) is 11.5 Å². The van der Waals surface area contributed by atoms with Gasteiger partial charge >= 0.3 is 0 Å². The molecule has 0 saturated carbocycles. The van der Waals surface area contributed by atoms with E-state index in [2.05, 4.69) is 77.8 Å². The van der Waals surface area contributed by atoms with E-state index < -0.39 is 0 Å². The molecule has 1 aromatic heterocycles. The Morgan fingerprint density at radius 1 is 1.18 bits per heavy atom. The highest BCUT2D eigenvalue weighted by Gasteiger charge is 2.32. The van der Waals surface area contributed by atoms with E-state index >= 15 is 0 Å². The van der Waals surface area contributed by atoms with Crippen molar-refractivity contribution in [2.24, 2.45) is 4.40 Å². The van der Waals surface area contributed by atoms with E-state index in [1.54, 1.807) is 11.9 Å². The lowest BCUT2D eigenvalue weighted by Crippen LogP contribution is -2.48. The zero-order chi connectivity index (χ0) is 19.5. The van der Waals surface area contributed by atoms with E-state index in [0.717, 1.165) is 54.4 Å². The van der Waals surface area contributed by atoms with Crippen molar-refractivity contribution in [3.05, 3.63) is 53.3 Å². The number of likely N-dealkylation sites (tertiary alicyclic amines) is 1. The molecule has 2 aliphatic heterocycles. The summed E-state index contributed by atoms with van der Waals surface area (Å²) in [6, 6.07) is 12.9. The lowest BCUT2D eigenvalue weighted by molar-refractivity contribution is 0.147. The first-order valence-corrected chi connectivity index (χ1v) is 11.2. The quantitative estimate of drug-likeness (QED) is 0.539. The molecule has 0 aliphatic carbocycles. The van der Waals surface area contributed by atoms with Gasteiger partial charge in [0.05, 0.1) is 5.69 Å². The molecule has 1 saturated heterocycles. The van der Waals surface area contributed by atoms with E-state index in [1.165, 1.54) is 5.56 Å². The van der Waals surface area contributed by atoms with Gasteiger partial charge in [0.25, 0.3) is 0 Å². The number of amidine groups is 1. The second-order valence-corrected chi connectivity index (χ2v) is 8.87. The van der Waals surface area contributed by atoms with E-state index in [9.17, 15) is 0 Å². The van der Waals surface area contributed by atoms with Crippen LogP contribution >= 0.6 is 27.9 Å². The summed E-state index contributed by atoms with van der Waals surface area (Å²) in [5.74, 6) is 0.753. The monoisotopic (exact) mass is 460 g/mol. The van der Waals surface area contributed by atoms with Gasteiger partial charge in [-0.25, -0.2) is 9.97 Å². The largest absolute Gasteiger partial charge is 0.351 e. The zero-order valence-electron chi connectivity index (χ0n) is 16.2. The molecular weight excluding hydrogens is 436 g/mol. The fraction of sp³-hybridized carbons (Fsp3) is 0.450. The lowest BCUT2D eigenvalue weighted by atomic mass is 10.1. The topological polar surface area (TPSA) is 56.7 Å². The van der Waals surface area contributed by atoms with Crippen molar-refractivity contribution in [3.8, 4) is 0 Å². The smallest absolute Gasteiger partial charge is 0.223 e. The number of halogens is 1. The van der Waals surface area contributed by atoms with Gasteiger partial charge in [-0.2, -0.15) is 4.40 Å². The Bertz CT molecular complexity index is 838. The summed E-state index contributed by atoms with van der Waals surface area (Å²) in [5, 5.41) is 3.57. The molecule has 1 fully saturated rings. The van der Waals surface area contributed by atoms with Gasteiger partial charge in [0.1, 0.15) is 0 Å². The second kappa shape index (κ2) is 8.80. The van der Waals surface area contributed by atoms with Gasteiger partial charge in [0.15, 0.2) is 10.2 Å². The van der Waals surface area contributed by atoms with Gasteiger partial charge in [-0.1, -0.05) is 30.3 Å². The van der Waals surface area contributed by atoms with E-state index in [1.807, 2.05) is 13.0 Å². The summed E-state index contributed by atoms with van der Waals surface area (Å²) < 4.78 is 5.33. The van der Waals surface area contributed by atoms with Crippen molar-refractivity contribution in [1.29, 1.82) is 0 Å². The molecule has 2 aliphatic rings. The highest BCUT2D eigenvalue weighted by molar-refractivity contribution is 9.18. The summed E-state index contributed by atoms with van der Waals surface area (Å²) in [6.45, 7) is 4.12. The van der Waals surface area contributed by atoms with Crippen molar-refractivity contribution >= 4 is 38.6 Å². The molecule has 0 spiro atoms. The van der Waals surface area contributed by atoms with Crippen LogP contribution in [0.5, 0.6) is 0 Å². The first-order valence-electron chi connectivity index (χ1n) is 9.60. The summed E-state index contributed by atoms with van der Waals surface area (Å²) in [7, 11) is 2.08. The molecule has 1 atom stereocenters. The molecule has 1 N–H and O–H groups in total. The molecule has 0 radical (unpaired) electrons. The number of aromatic nitrogens is 2. The average Bonchev–Trinajstić information content (AvgIpc) is 3.02. The first kappa shape index (κ1) is 19.7. The Labute approximate surface area is 179 Å². The molecule has 0 amide bonds. The van der Waals surface area contributed by atoms with Gasteiger partial charge in [-0.05, 0) is 47.3 Å². The number of rotatable bonds is 5. The second-order valence-electron chi connectivity index (χ2n) is 7.34. The molecule has 148 valence electrons. The SMILES string of the molecule is Cc1cc(Cc2ccccc2)nc(NC2CCN(C3SN=C(Br)N3C)CC2)n1. The van der Waals surface area contributed by atoms with Crippen molar-refractivity contribution in [3.63, 3.8) is 0 Å². The molecule has 2 aromatic rings. The molecule has 6 nitrogen and oxygen atoms in total. The highest BCUT2D eigenvalue weighted by Crippen LogP contribution is 2.31. The van der Waals surface area contributed by atoms with Crippen LogP contribution < -0.4 is 5.32 Å². The fourth-order valence-corrected chi connectivity index (χ4v) is 5.15. The molecule has 0 bridgehead atoms. The molecule has 8 heteroatoms. The summed E-state index contributed by atoms with van der Waals surface area (Å²) in [6.07, 6.45) is 2.99. The van der Waals surface area contributed by atoms with Crippen LogP contribution in [0.15, 0.2) is 40.8 Å². The van der Waals surface area contributed by atoms with Crippen molar-refractivity contribution in [1.82, 2.24) is 19.8 Å². The Morgan fingerprint density at radius 3 is 2.61 bits per heavy atom. The maximum Gasteiger partial charge on any atom is 0.223 e. The van der Waals surface area contributed by atoms with Crippen LogP contribution in [0.2, 0.25) is 0 Å². The molecule has 1 aromatic carbocycles. The molecular formula is C20H25BrN6S. The normalized spacial score (nSPS) is 21.0. The minimum atomic E-state index is 0.294. The van der Waals surface area contributed by atoms with Gasteiger partial charge in [-0.15, -0.1) is 0 Å². The molecule has 4 rings (SSSR count). The predicted molar refractivity (Wildman–Crippen MR) is 120 cm³/mol. The standard InChI is InChI=1S/C20H25BrN6S/c1-14-12-17(13-15-6-4-3-5-7-15)24-19(22-14)23-16-8-10-27(11-9-16)20-26(2)18(21)25-28-20/h3-7,12,16,20H,8-11,13H2,1-2H3,(H,22,23,24). The Kier molecular flexibility index (Phi) is 6.18. The number of nitrogens with zero attached hydrogens (tertiary/aromatic N) is 5. The van der Waals surface area contributed by atoms with Crippen LogP contribution in [0.1, 0.15) is 29.8 Å². The Morgan fingerprint density at radius 2 is 1.93 bits per heavy atom. The lowest BCUT2D eigenvalue weighted by Gasteiger charge is -2.37. The van der Waals surface area contributed by atoms with Crippen LogP contribution in [0, 0.1) is 6.92 Å². The Balaban J connectivity index is 1.35. The van der Waals surface area contributed by atoms with Crippen molar-refractivity contribution < 1.29 is 0 Å². The third kappa shape index (κ3) is 4.67. The number of hydrogen-bond acceptors (Lipinski definition) is 7. The number of aryl methyl sites for hydroxylation is 1. The zero-order valence-corrected chi connectivity index (χ0v) is 18.6. The highest BCUT2D eigenvalue weighted by atomic mass is 79.9. The number of nitrogens with one attached hydrogen (secondary N) is 1. The van der Waals surface area contributed by atoms with Crippen LogP contribution in [0.4, 0.5) is 5.95 Å². The third-order valence-corrected chi connectivity index (χ3v) is 7.21. The number of anilines is 1. The Hall–Kier alpha value is -1.64. The maximum atomic E-state index is 4.77. The van der Waals surface area contributed by atoms with Crippen molar-refractivity contribution in [2.75, 3.05) is 25.5 Å². The van der Waals surface area contributed by atoms with Crippen LogP contribution in [0.3, 0.4) is 0 Å². The molecule has 1 unspecified atom stereocenters. The number of benzene rings is 1. The fourth-order valence-electron chi connectivity index (χ4n) is 3.67. The van der Waals surface area contributed by atoms with Gasteiger partial charge < -0.3 is 10.2 Å². The van der Waals surface area contributed by atoms with Gasteiger partial charge in [0.2, 0.25) is 5.95 Å². The average molecular weight is 461 g/mol. The summed E-state index contributed by atoms with van der Waals surface area (Å²) in [5.41, 5.74) is 3.63. The minimum absolute atomic E-state index is 0.294. The first-order chi connectivity index (χ1) is 13.6. The summed E-state index contributed by atoms with van der Waals surface area (Å²) >= 11 is 5.13. The number of piperidine rings is 1. The maximum absolute atomic E-state index is 4.77. The predicted octanol–water partition coefficient (Wildman–Crippen LogP) is 3.88. The third-order valence-electron chi connectivity index (χ3n) is 5.16. The summed E-state index contributed by atoms with van der Waals surface area (Å²) in [4.78, 5) is 14.0.